The molecule has 0 aliphatic heterocycles. The smallest absolute Gasteiger partial charge is 0.307 e. The van der Waals surface area contributed by atoms with E-state index in [4.69, 9.17) is 23.2 Å². The molecule has 194 valence electrons. The van der Waals surface area contributed by atoms with Crippen molar-refractivity contribution in [3.63, 3.8) is 0 Å². The van der Waals surface area contributed by atoms with E-state index in [2.05, 4.69) is 31.4 Å². The Morgan fingerprint density at radius 2 is 1.95 bits per heavy atom. The van der Waals surface area contributed by atoms with Gasteiger partial charge in [0.15, 0.2) is 5.82 Å². The Morgan fingerprint density at radius 3 is 2.62 bits per heavy atom. The first-order valence-electron chi connectivity index (χ1n) is 12.3. The summed E-state index contributed by atoms with van der Waals surface area (Å²) in [7, 11) is 0. The van der Waals surface area contributed by atoms with Crippen molar-refractivity contribution < 1.29 is 9.72 Å². The number of carbonyl (C=O) groups is 1. The number of nitrogens with one attached hydrogen (secondary N) is 1. The monoisotopic (exact) mass is 606 g/mol. The van der Waals surface area contributed by atoms with E-state index in [0.717, 1.165) is 37.7 Å². The third-order valence-electron chi connectivity index (χ3n) is 8.26. The average molecular weight is 608 g/mol. The van der Waals surface area contributed by atoms with Gasteiger partial charge >= 0.3 is 5.69 Å². The van der Waals surface area contributed by atoms with Gasteiger partial charge in [0.1, 0.15) is 12.4 Å². The minimum atomic E-state index is -0.397. The molecule has 2 aromatic heterocycles. The first kappa shape index (κ1) is 24.9. The topological polar surface area (TPSA) is 108 Å². The molecule has 1 aromatic carbocycles. The van der Waals surface area contributed by atoms with Crippen LogP contribution >= 0.6 is 39.1 Å². The molecule has 0 spiro atoms. The van der Waals surface area contributed by atoms with Gasteiger partial charge in [-0.05, 0) is 89.4 Å². The highest BCUT2D eigenvalue weighted by atomic mass is 79.9. The number of nitro groups is 1. The maximum atomic E-state index is 13.3. The molecule has 2 heterocycles. The van der Waals surface area contributed by atoms with E-state index < -0.39 is 4.92 Å². The highest BCUT2D eigenvalue weighted by molar-refractivity contribution is 9.10. The summed E-state index contributed by atoms with van der Waals surface area (Å²) in [4.78, 5) is 24.2. The van der Waals surface area contributed by atoms with Gasteiger partial charge in [-0.1, -0.05) is 29.3 Å². The van der Waals surface area contributed by atoms with Crippen molar-refractivity contribution in [3.8, 4) is 0 Å². The predicted molar refractivity (Wildman–Crippen MR) is 143 cm³/mol. The Kier molecular flexibility index (Phi) is 6.12. The second-order valence-electron chi connectivity index (χ2n) is 11.1. The van der Waals surface area contributed by atoms with Crippen molar-refractivity contribution in [2.45, 2.75) is 57.0 Å². The van der Waals surface area contributed by atoms with E-state index in [1.165, 1.54) is 12.6 Å². The lowest BCUT2D eigenvalue weighted by molar-refractivity contribution is -0.385. The van der Waals surface area contributed by atoms with Crippen LogP contribution in [-0.2, 0) is 16.9 Å². The molecule has 7 rings (SSSR count). The van der Waals surface area contributed by atoms with Crippen LogP contribution in [0.25, 0.3) is 0 Å². The van der Waals surface area contributed by atoms with Crippen LogP contribution in [0.15, 0.2) is 41.3 Å². The molecule has 12 heteroatoms. The van der Waals surface area contributed by atoms with Gasteiger partial charge in [-0.2, -0.15) is 10.2 Å². The third kappa shape index (κ3) is 4.68. The number of amides is 1. The van der Waals surface area contributed by atoms with Crippen LogP contribution in [0.1, 0.15) is 50.5 Å². The minimum absolute atomic E-state index is 0.0175. The molecule has 0 saturated heterocycles. The number of rotatable bonds is 7. The van der Waals surface area contributed by atoms with Crippen molar-refractivity contribution in [3.05, 3.63) is 67.0 Å². The van der Waals surface area contributed by atoms with Crippen LogP contribution in [0.5, 0.6) is 0 Å². The van der Waals surface area contributed by atoms with Crippen LogP contribution in [0, 0.1) is 27.4 Å². The Hall–Kier alpha value is -2.43. The van der Waals surface area contributed by atoms with E-state index in [9.17, 15) is 14.9 Å². The van der Waals surface area contributed by atoms with Gasteiger partial charge < -0.3 is 5.32 Å². The normalized spacial score (nSPS) is 28.0. The van der Waals surface area contributed by atoms with Gasteiger partial charge in [-0.15, -0.1) is 0 Å². The SMILES string of the molecule is O=C(CC12CC3CC(C1)CC(n1cc([N+](=O)[O-])cn1)(C3)C2)Nc1nn(Cc2ccc(Cl)c(Cl)c2)cc1Br. The number of aromatic nitrogens is 4. The zero-order valence-corrected chi connectivity index (χ0v) is 23.0. The zero-order valence-electron chi connectivity index (χ0n) is 19.9. The van der Waals surface area contributed by atoms with Crippen LogP contribution in [0.4, 0.5) is 11.5 Å². The van der Waals surface area contributed by atoms with Crippen molar-refractivity contribution in [1.29, 1.82) is 0 Å². The Labute approximate surface area is 231 Å². The fourth-order valence-corrected chi connectivity index (χ4v) is 8.18. The first-order valence-corrected chi connectivity index (χ1v) is 13.8. The number of benzene rings is 1. The van der Waals surface area contributed by atoms with Gasteiger partial charge in [-0.25, -0.2) is 0 Å². The standard InChI is InChI=1S/C25H25BrCl2N6O3/c26-19-13-32(11-15-1-2-20(27)21(28)4-15)31-23(19)30-22(35)9-24-5-16-3-17(6-24)8-25(7-16,14-24)33-12-18(10-29-33)34(36)37/h1-2,4,10,12-13,16-17H,3,5-9,11,14H2,(H,30,31,35). The van der Waals surface area contributed by atoms with Crippen molar-refractivity contribution in [2.24, 2.45) is 17.3 Å². The summed E-state index contributed by atoms with van der Waals surface area (Å²) >= 11 is 15.7. The third-order valence-corrected chi connectivity index (χ3v) is 9.58. The Morgan fingerprint density at radius 1 is 1.19 bits per heavy atom. The predicted octanol–water partition coefficient (Wildman–Crippen LogP) is 6.43. The molecule has 1 N–H and O–H groups in total. The minimum Gasteiger partial charge on any atom is -0.308 e. The number of hydrogen-bond donors (Lipinski definition) is 1. The Bertz CT molecular complexity index is 1390. The van der Waals surface area contributed by atoms with Crippen molar-refractivity contribution in [2.75, 3.05) is 5.32 Å². The van der Waals surface area contributed by atoms with Crippen LogP contribution < -0.4 is 5.32 Å². The molecule has 4 aliphatic carbocycles. The van der Waals surface area contributed by atoms with E-state index in [0.29, 0.717) is 45.1 Å². The average Bonchev–Trinajstić information content (AvgIpc) is 3.43. The summed E-state index contributed by atoms with van der Waals surface area (Å²) in [5, 5.41) is 24.2. The molecular weight excluding hydrogens is 583 g/mol. The number of halogens is 3. The quantitative estimate of drug-likeness (QED) is 0.246. The van der Waals surface area contributed by atoms with Crippen LogP contribution in [0.2, 0.25) is 10.0 Å². The lowest BCUT2D eigenvalue weighted by atomic mass is 9.46. The number of nitrogens with zero attached hydrogens (tertiary/aromatic N) is 5. The number of carbonyl (C=O) groups excluding carboxylic acids is 1. The van der Waals surface area contributed by atoms with Gasteiger partial charge in [0.05, 0.1) is 31.5 Å². The molecule has 1 amide bonds. The molecule has 4 aliphatic rings. The molecular formula is C25H25BrCl2N6O3. The summed E-state index contributed by atoms with van der Waals surface area (Å²) in [6.07, 6.45) is 11.1. The molecule has 37 heavy (non-hydrogen) atoms. The second kappa shape index (κ2) is 9.10. The fraction of sp³-hybridized carbons (Fsp3) is 0.480. The number of anilines is 1. The number of hydrogen-bond acceptors (Lipinski definition) is 5. The first-order chi connectivity index (χ1) is 17.6. The highest BCUT2D eigenvalue weighted by Crippen LogP contribution is 2.65. The summed E-state index contributed by atoms with van der Waals surface area (Å²) in [5.74, 6) is 1.43. The molecule has 2 unspecified atom stereocenters. The van der Waals surface area contributed by atoms with Crippen LogP contribution in [-0.4, -0.2) is 30.4 Å². The van der Waals surface area contributed by atoms with Gasteiger partial charge in [0.25, 0.3) is 0 Å². The highest BCUT2D eigenvalue weighted by Gasteiger charge is 2.59. The summed E-state index contributed by atoms with van der Waals surface area (Å²) in [6, 6.07) is 5.44. The lowest BCUT2D eigenvalue weighted by Gasteiger charge is -2.61. The molecule has 0 radical (unpaired) electrons. The van der Waals surface area contributed by atoms with E-state index in [1.807, 2.05) is 16.9 Å². The fourth-order valence-electron chi connectivity index (χ4n) is 7.45. The largest absolute Gasteiger partial charge is 0.308 e. The van der Waals surface area contributed by atoms with E-state index in [-0.39, 0.29) is 22.5 Å². The van der Waals surface area contributed by atoms with E-state index >= 15 is 0 Å². The lowest BCUT2D eigenvalue weighted by Crippen LogP contribution is -2.57. The Balaban J connectivity index is 1.17. The molecule has 4 saturated carbocycles. The van der Waals surface area contributed by atoms with Gasteiger partial charge in [0, 0.05) is 12.6 Å². The van der Waals surface area contributed by atoms with E-state index in [1.54, 1.807) is 23.0 Å². The summed E-state index contributed by atoms with van der Waals surface area (Å²) in [5.41, 5.74) is 0.578. The molecule has 9 nitrogen and oxygen atoms in total. The molecule has 3 aromatic rings. The van der Waals surface area contributed by atoms with Crippen molar-refractivity contribution >= 4 is 56.5 Å². The van der Waals surface area contributed by atoms with Gasteiger partial charge in [0.2, 0.25) is 5.91 Å². The van der Waals surface area contributed by atoms with Crippen molar-refractivity contribution in [1.82, 2.24) is 19.6 Å². The summed E-state index contributed by atoms with van der Waals surface area (Å²) < 4.78 is 4.27. The second-order valence-corrected chi connectivity index (χ2v) is 12.8. The molecule has 4 bridgehead atoms. The van der Waals surface area contributed by atoms with Crippen LogP contribution in [0.3, 0.4) is 0 Å². The van der Waals surface area contributed by atoms with Gasteiger partial charge in [-0.3, -0.25) is 24.3 Å². The maximum absolute atomic E-state index is 13.3. The maximum Gasteiger partial charge on any atom is 0.307 e. The zero-order chi connectivity index (χ0) is 25.9. The molecule has 2 atom stereocenters. The summed E-state index contributed by atoms with van der Waals surface area (Å²) in [6.45, 7) is 0.483. The molecule has 4 fully saturated rings.